The van der Waals surface area contributed by atoms with Crippen molar-refractivity contribution in [3.05, 3.63) is 41.0 Å². The number of nitrogens with zero attached hydrogens (tertiary/aromatic N) is 4. The zero-order valence-corrected chi connectivity index (χ0v) is 18.1. The van der Waals surface area contributed by atoms with E-state index < -0.39 is 0 Å². The number of likely N-dealkylation sites (tertiary alicyclic amines) is 1. The van der Waals surface area contributed by atoms with Gasteiger partial charge in [-0.2, -0.15) is 0 Å². The Kier molecular flexibility index (Phi) is 7.01. The molecule has 152 valence electrons. The maximum atomic E-state index is 12.6. The number of thioether (sulfide) groups is 1. The Bertz CT molecular complexity index is 832. The van der Waals surface area contributed by atoms with Gasteiger partial charge in [0.2, 0.25) is 5.91 Å². The second-order valence-corrected chi connectivity index (χ2v) is 8.53. The third kappa shape index (κ3) is 4.53. The molecule has 8 heteroatoms. The second-order valence-electron chi connectivity index (χ2n) is 7.52. The van der Waals surface area contributed by atoms with Crippen LogP contribution in [-0.4, -0.2) is 51.0 Å². The van der Waals surface area contributed by atoms with Crippen molar-refractivity contribution in [2.75, 3.05) is 25.4 Å². The van der Waals surface area contributed by atoms with Crippen molar-refractivity contribution in [1.29, 1.82) is 0 Å². The van der Waals surface area contributed by atoms with Gasteiger partial charge in [-0.15, -0.1) is 34.4 Å². The Morgan fingerprint density at radius 1 is 1.21 bits per heavy atom. The molecule has 1 aromatic carbocycles. The maximum Gasteiger partial charge on any atom is 0.232 e. The molecule has 1 aromatic heterocycles. The highest BCUT2D eigenvalue weighted by molar-refractivity contribution is 8.00. The van der Waals surface area contributed by atoms with Gasteiger partial charge in [-0.05, 0) is 38.3 Å². The lowest BCUT2D eigenvalue weighted by Gasteiger charge is -2.32. The lowest BCUT2D eigenvalue weighted by Crippen LogP contribution is -2.39. The summed E-state index contributed by atoms with van der Waals surface area (Å²) < 4.78 is 2.27. The van der Waals surface area contributed by atoms with Crippen LogP contribution in [0.15, 0.2) is 23.1 Å². The summed E-state index contributed by atoms with van der Waals surface area (Å²) in [6.07, 6.45) is 1.96. The summed E-state index contributed by atoms with van der Waals surface area (Å²) in [6.45, 7) is 8.57. The zero-order chi connectivity index (χ0) is 18.8. The fourth-order valence-electron chi connectivity index (χ4n) is 4.00. The fraction of sp³-hybridized carbons (Fsp3) is 0.550. The predicted molar refractivity (Wildman–Crippen MR) is 114 cm³/mol. The van der Waals surface area contributed by atoms with E-state index in [1.165, 1.54) is 16.0 Å². The molecule has 0 unspecified atom stereocenters. The molecule has 2 aliphatic rings. The number of amides is 1. The topological polar surface area (TPSA) is 63.1 Å². The molecule has 1 N–H and O–H groups in total. The molecular weight excluding hydrogens is 394 g/mol. The van der Waals surface area contributed by atoms with Crippen LogP contribution in [-0.2, 0) is 17.9 Å². The van der Waals surface area contributed by atoms with Gasteiger partial charge in [-0.3, -0.25) is 4.79 Å². The molecule has 28 heavy (non-hydrogen) atoms. The van der Waals surface area contributed by atoms with Crippen molar-refractivity contribution in [3.8, 4) is 0 Å². The molecule has 1 fully saturated rings. The van der Waals surface area contributed by atoms with Crippen molar-refractivity contribution in [3.63, 3.8) is 0 Å². The number of carbonyl (C=O) groups is 1. The van der Waals surface area contributed by atoms with E-state index in [9.17, 15) is 4.79 Å². The largest absolute Gasteiger partial charge is 0.342 e. The first kappa shape index (κ1) is 21.1. The summed E-state index contributed by atoms with van der Waals surface area (Å²) in [6, 6.07) is 6.41. The molecule has 0 radical (unpaired) electrons. The lowest BCUT2D eigenvalue weighted by molar-refractivity contribution is -0.129. The van der Waals surface area contributed by atoms with Crippen molar-refractivity contribution in [1.82, 2.24) is 25.0 Å². The van der Waals surface area contributed by atoms with Gasteiger partial charge in [0.05, 0.1) is 12.3 Å². The van der Waals surface area contributed by atoms with Gasteiger partial charge in [0.25, 0.3) is 0 Å². The highest BCUT2D eigenvalue weighted by Crippen LogP contribution is 2.29. The molecule has 1 saturated heterocycles. The molecule has 0 atom stereocenters. The number of fused-ring (bicyclic) bond motifs is 1. The van der Waals surface area contributed by atoms with Gasteiger partial charge < -0.3 is 14.8 Å². The highest BCUT2D eigenvalue weighted by Gasteiger charge is 2.28. The monoisotopic (exact) mass is 421 g/mol. The minimum absolute atomic E-state index is 0. The minimum atomic E-state index is 0. The van der Waals surface area contributed by atoms with Crippen LogP contribution in [0.1, 0.15) is 41.5 Å². The van der Waals surface area contributed by atoms with Crippen LogP contribution in [0.4, 0.5) is 0 Å². The van der Waals surface area contributed by atoms with Crippen LogP contribution in [0.5, 0.6) is 0 Å². The van der Waals surface area contributed by atoms with Crippen molar-refractivity contribution in [2.45, 2.75) is 50.6 Å². The molecule has 2 aliphatic heterocycles. The summed E-state index contributed by atoms with van der Waals surface area (Å²) in [5.41, 5.74) is 2.51. The number of benzene rings is 1. The molecule has 0 spiro atoms. The van der Waals surface area contributed by atoms with Gasteiger partial charge in [0.1, 0.15) is 11.6 Å². The van der Waals surface area contributed by atoms with E-state index in [0.717, 1.165) is 57.2 Å². The van der Waals surface area contributed by atoms with Gasteiger partial charge in [-0.1, -0.05) is 17.7 Å². The van der Waals surface area contributed by atoms with E-state index in [0.29, 0.717) is 11.7 Å². The molecule has 3 heterocycles. The van der Waals surface area contributed by atoms with Crippen LogP contribution >= 0.6 is 24.2 Å². The summed E-state index contributed by atoms with van der Waals surface area (Å²) in [4.78, 5) is 15.9. The molecule has 0 saturated carbocycles. The van der Waals surface area contributed by atoms with Crippen molar-refractivity contribution in [2.24, 2.45) is 0 Å². The van der Waals surface area contributed by atoms with E-state index in [4.69, 9.17) is 0 Å². The molecule has 2 aromatic rings. The first-order chi connectivity index (χ1) is 13.1. The summed E-state index contributed by atoms with van der Waals surface area (Å²) >= 11 is 1.65. The normalized spacial score (nSPS) is 17.1. The van der Waals surface area contributed by atoms with Crippen molar-refractivity contribution < 1.29 is 4.79 Å². The minimum Gasteiger partial charge on any atom is -0.342 e. The molecule has 6 nitrogen and oxygen atoms in total. The first-order valence-electron chi connectivity index (χ1n) is 9.72. The van der Waals surface area contributed by atoms with Crippen LogP contribution in [0, 0.1) is 13.8 Å². The molecule has 1 amide bonds. The summed E-state index contributed by atoms with van der Waals surface area (Å²) in [7, 11) is 0. The number of aryl methyl sites for hydroxylation is 2. The molecule has 4 rings (SSSR count). The number of piperidine rings is 1. The van der Waals surface area contributed by atoms with Crippen LogP contribution in [0.2, 0.25) is 0 Å². The zero-order valence-electron chi connectivity index (χ0n) is 16.5. The van der Waals surface area contributed by atoms with E-state index >= 15 is 0 Å². The number of aromatic nitrogens is 3. The number of hydrogen-bond donors (Lipinski definition) is 1. The van der Waals surface area contributed by atoms with E-state index in [1.54, 1.807) is 11.8 Å². The maximum absolute atomic E-state index is 12.6. The first-order valence-corrected chi connectivity index (χ1v) is 10.7. The van der Waals surface area contributed by atoms with Crippen LogP contribution in [0.25, 0.3) is 0 Å². The Morgan fingerprint density at radius 2 is 2.00 bits per heavy atom. The van der Waals surface area contributed by atoms with Gasteiger partial charge in [-0.25, -0.2) is 0 Å². The standard InChI is InChI=1S/C20H27N5OS.ClH/c1-14-3-4-17(15(2)11-14)27-13-19(26)24-8-5-16(6-9-24)20-23-22-18-12-21-7-10-25(18)20;/h3-4,11,16,21H,5-10,12-13H2,1-2H3;1H. The van der Waals surface area contributed by atoms with E-state index in [2.05, 4.69) is 52.1 Å². The fourth-order valence-corrected chi connectivity index (χ4v) is 4.91. The lowest BCUT2D eigenvalue weighted by atomic mass is 9.95. The Labute approximate surface area is 176 Å². The predicted octanol–water partition coefficient (Wildman–Crippen LogP) is 2.92. The number of hydrogen-bond acceptors (Lipinski definition) is 5. The molecule has 0 bridgehead atoms. The average molecular weight is 422 g/mol. The van der Waals surface area contributed by atoms with Gasteiger partial charge in [0.15, 0.2) is 0 Å². The molecule has 0 aliphatic carbocycles. The quantitative estimate of drug-likeness (QED) is 0.769. The Balaban J connectivity index is 0.00000225. The Morgan fingerprint density at radius 3 is 2.75 bits per heavy atom. The SMILES string of the molecule is Cc1ccc(SCC(=O)N2CCC(c3nnc4n3CCNC4)CC2)c(C)c1.Cl. The number of nitrogens with one attached hydrogen (secondary N) is 1. The van der Waals surface area contributed by atoms with Crippen LogP contribution in [0.3, 0.4) is 0 Å². The van der Waals surface area contributed by atoms with E-state index in [1.807, 2.05) is 4.90 Å². The van der Waals surface area contributed by atoms with Gasteiger partial charge in [0, 0.05) is 37.0 Å². The summed E-state index contributed by atoms with van der Waals surface area (Å²) in [5.74, 6) is 3.33. The van der Waals surface area contributed by atoms with E-state index in [-0.39, 0.29) is 18.3 Å². The molecular formula is C20H28ClN5OS. The average Bonchev–Trinajstić information content (AvgIpc) is 3.11. The third-order valence-corrected chi connectivity index (χ3v) is 6.71. The third-order valence-electron chi connectivity index (χ3n) is 5.55. The van der Waals surface area contributed by atoms with Gasteiger partial charge >= 0.3 is 0 Å². The highest BCUT2D eigenvalue weighted by atomic mass is 35.5. The number of carbonyl (C=O) groups excluding carboxylic acids is 1. The van der Waals surface area contributed by atoms with Crippen LogP contribution < -0.4 is 5.32 Å². The number of rotatable bonds is 4. The summed E-state index contributed by atoms with van der Waals surface area (Å²) in [5, 5.41) is 12.1. The number of halogens is 1. The smallest absolute Gasteiger partial charge is 0.232 e. The Hall–Kier alpha value is -1.57. The van der Waals surface area contributed by atoms with Crippen molar-refractivity contribution >= 4 is 30.1 Å². The second kappa shape index (κ2) is 9.29.